The van der Waals surface area contributed by atoms with Gasteiger partial charge in [0.15, 0.2) is 11.5 Å². The van der Waals surface area contributed by atoms with Gasteiger partial charge >= 0.3 is 0 Å². The third-order valence-electron chi connectivity index (χ3n) is 4.01. The Morgan fingerprint density at radius 3 is 2.26 bits per heavy atom. The molecule has 5 heteroatoms. The molecule has 0 atom stereocenters. The molecule has 0 unspecified atom stereocenters. The molecule has 0 saturated carbocycles. The standard InChI is InChI=1S/C22H20N2O3/c1-24(2)19-12-5-16(6-13-19)7-14-20(25)17-8-10-18(11-9-17)23-22(26)21-4-3-15-27-21/h3-15H,1-2H3,(H,23,26)/b14-7+. The fourth-order valence-corrected chi connectivity index (χ4v) is 2.47. The Morgan fingerprint density at radius 1 is 0.963 bits per heavy atom. The van der Waals surface area contributed by atoms with E-state index in [0.717, 1.165) is 11.3 Å². The number of carbonyl (C=O) groups is 2. The number of allylic oxidation sites excluding steroid dienone is 1. The Labute approximate surface area is 157 Å². The lowest BCUT2D eigenvalue weighted by Crippen LogP contribution is -2.10. The topological polar surface area (TPSA) is 62.6 Å². The monoisotopic (exact) mass is 360 g/mol. The second-order valence-corrected chi connectivity index (χ2v) is 6.19. The van der Waals surface area contributed by atoms with Crippen LogP contribution in [0, 0.1) is 0 Å². The van der Waals surface area contributed by atoms with E-state index in [1.54, 1.807) is 48.6 Å². The summed E-state index contributed by atoms with van der Waals surface area (Å²) >= 11 is 0. The third-order valence-corrected chi connectivity index (χ3v) is 4.01. The molecule has 0 aliphatic heterocycles. The van der Waals surface area contributed by atoms with Crippen LogP contribution in [-0.2, 0) is 0 Å². The summed E-state index contributed by atoms with van der Waals surface area (Å²) in [5.74, 6) is -0.200. The lowest BCUT2D eigenvalue weighted by molar-refractivity contribution is 0.0996. The molecule has 0 fully saturated rings. The van der Waals surface area contributed by atoms with Gasteiger partial charge in [-0.3, -0.25) is 9.59 Å². The molecule has 1 amide bonds. The van der Waals surface area contributed by atoms with Crippen LogP contribution >= 0.6 is 0 Å². The number of benzene rings is 2. The molecule has 0 aliphatic carbocycles. The molecule has 3 aromatic rings. The smallest absolute Gasteiger partial charge is 0.291 e. The normalized spacial score (nSPS) is 10.7. The molecule has 0 saturated heterocycles. The van der Waals surface area contributed by atoms with Crippen LogP contribution in [0.15, 0.2) is 77.4 Å². The highest BCUT2D eigenvalue weighted by atomic mass is 16.3. The lowest BCUT2D eigenvalue weighted by Gasteiger charge is -2.11. The van der Waals surface area contributed by atoms with Crippen LogP contribution in [0.2, 0.25) is 0 Å². The van der Waals surface area contributed by atoms with Crippen molar-refractivity contribution in [2.45, 2.75) is 0 Å². The Kier molecular flexibility index (Phi) is 5.52. The minimum atomic E-state index is -0.333. The fraction of sp³-hybridized carbons (Fsp3) is 0.0909. The van der Waals surface area contributed by atoms with Crippen LogP contribution in [0.25, 0.3) is 6.08 Å². The van der Waals surface area contributed by atoms with Crippen LogP contribution in [0.1, 0.15) is 26.5 Å². The van der Waals surface area contributed by atoms with Crippen LogP contribution in [0.4, 0.5) is 11.4 Å². The van der Waals surface area contributed by atoms with Gasteiger partial charge < -0.3 is 14.6 Å². The number of hydrogen-bond donors (Lipinski definition) is 1. The van der Waals surface area contributed by atoms with Crippen molar-refractivity contribution in [2.75, 3.05) is 24.3 Å². The number of anilines is 2. The number of nitrogens with zero attached hydrogens (tertiary/aromatic N) is 1. The summed E-state index contributed by atoms with van der Waals surface area (Å²) < 4.78 is 5.05. The SMILES string of the molecule is CN(C)c1ccc(/C=C/C(=O)c2ccc(NC(=O)c3ccco3)cc2)cc1. The highest BCUT2D eigenvalue weighted by Crippen LogP contribution is 2.15. The Bertz CT molecular complexity index is 938. The predicted molar refractivity (Wildman–Crippen MR) is 107 cm³/mol. The number of carbonyl (C=O) groups excluding carboxylic acids is 2. The predicted octanol–water partition coefficient (Wildman–Crippen LogP) is 4.49. The number of nitrogens with one attached hydrogen (secondary N) is 1. The van der Waals surface area contributed by atoms with Gasteiger partial charge in [0.05, 0.1) is 6.26 Å². The average Bonchev–Trinajstić information content (AvgIpc) is 3.22. The molecule has 27 heavy (non-hydrogen) atoms. The number of rotatable bonds is 6. The highest BCUT2D eigenvalue weighted by Gasteiger charge is 2.09. The number of hydrogen-bond acceptors (Lipinski definition) is 4. The van der Waals surface area contributed by atoms with E-state index in [1.807, 2.05) is 43.3 Å². The van der Waals surface area contributed by atoms with Crippen LogP contribution < -0.4 is 10.2 Å². The van der Waals surface area contributed by atoms with E-state index >= 15 is 0 Å². The van der Waals surface area contributed by atoms with Gasteiger partial charge in [0.1, 0.15) is 0 Å². The summed E-state index contributed by atoms with van der Waals surface area (Å²) in [4.78, 5) is 26.3. The molecule has 0 spiro atoms. The van der Waals surface area contributed by atoms with Gasteiger partial charge in [-0.1, -0.05) is 18.2 Å². The molecule has 0 aliphatic rings. The van der Waals surface area contributed by atoms with Gasteiger partial charge in [-0.25, -0.2) is 0 Å². The third kappa shape index (κ3) is 4.73. The maximum absolute atomic E-state index is 12.3. The summed E-state index contributed by atoms with van der Waals surface area (Å²) in [5, 5.41) is 2.72. The van der Waals surface area contributed by atoms with Gasteiger partial charge in [0, 0.05) is 31.0 Å². The largest absolute Gasteiger partial charge is 0.459 e. The van der Waals surface area contributed by atoms with E-state index in [1.165, 1.54) is 6.26 Å². The molecule has 0 bridgehead atoms. The van der Waals surface area contributed by atoms with Crippen molar-refractivity contribution in [1.29, 1.82) is 0 Å². The summed E-state index contributed by atoms with van der Waals surface area (Å²) in [7, 11) is 3.96. The van der Waals surface area contributed by atoms with E-state index < -0.39 is 0 Å². The van der Waals surface area contributed by atoms with E-state index in [4.69, 9.17) is 4.42 Å². The van der Waals surface area contributed by atoms with E-state index in [0.29, 0.717) is 11.3 Å². The van der Waals surface area contributed by atoms with Gasteiger partial charge in [0.2, 0.25) is 0 Å². The molecular formula is C22H20N2O3. The fourth-order valence-electron chi connectivity index (χ4n) is 2.47. The summed E-state index contributed by atoms with van der Waals surface area (Å²) in [6.45, 7) is 0. The second-order valence-electron chi connectivity index (χ2n) is 6.19. The average molecular weight is 360 g/mol. The Balaban J connectivity index is 1.62. The minimum absolute atomic E-state index is 0.101. The van der Waals surface area contributed by atoms with E-state index in [-0.39, 0.29) is 17.5 Å². The van der Waals surface area contributed by atoms with Crippen molar-refractivity contribution in [3.8, 4) is 0 Å². The van der Waals surface area contributed by atoms with E-state index in [2.05, 4.69) is 5.32 Å². The zero-order chi connectivity index (χ0) is 19.2. The number of amides is 1. The molecule has 1 N–H and O–H groups in total. The molecule has 5 nitrogen and oxygen atoms in total. The van der Waals surface area contributed by atoms with Crippen molar-refractivity contribution in [2.24, 2.45) is 0 Å². The van der Waals surface area contributed by atoms with E-state index in [9.17, 15) is 9.59 Å². The van der Waals surface area contributed by atoms with Crippen molar-refractivity contribution >= 4 is 29.1 Å². The number of furan rings is 1. The molecule has 2 aromatic carbocycles. The van der Waals surface area contributed by atoms with Crippen LogP contribution in [0.5, 0.6) is 0 Å². The highest BCUT2D eigenvalue weighted by molar-refractivity contribution is 6.07. The molecule has 136 valence electrons. The first-order chi connectivity index (χ1) is 13.0. The Hall–Kier alpha value is -3.60. The van der Waals surface area contributed by atoms with Gasteiger partial charge in [-0.2, -0.15) is 0 Å². The summed E-state index contributed by atoms with van der Waals surface area (Å²) in [6.07, 6.45) is 4.77. The van der Waals surface area contributed by atoms with Gasteiger partial charge in [-0.05, 0) is 60.2 Å². The maximum atomic E-state index is 12.3. The van der Waals surface area contributed by atoms with Gasteiger partial charge in [0.25, 0.3) is 5.91 Å². The number of ketones is 1. The molecule has 1 heterocycles. The zero-order valence-electron chi connectivity index (χ0n) is 15.2. The summed E-state index contributed by atoms with van der Waals surface area (Å²) in [6, 6.07) is 17.9. The first-order valence-corrected chi connectivity index (χ1v) is 8.47. The molecule has 1 aromatic heterocycles. The van der Waals surface area contributed by atoms with Crippen molar-refractivity contribution in [3.05, 3.63) is 89.9 Å². The van der Waals surface area contributed by atoms with Gasteiger partial charge in [-0.15, -0.1) is 0 Å². The van der Waals surface area contributed by atoms with Crippen molar-refractivity contribution < 1.29 is 14.0 Å². The minimum Gasteiger partial charge on any atom is -0.459 e. The zero-order valence-corrected chi connectivity index (χ0v) is 15.2. The quantitative estimate of drug-likeness (QED) is 0.519. The maximum Gasteiger partial charge on any atom is 0.291 e. The first kappa shape index (κ1) is 18.2. The molecule has 0 radical (unpaired) electrons. The van der Waals surface area contributed by atoms with Crippen molar-refractivity contribution in [1.82, 2.24) is 0 Å². The first-order valence-electron chi connectivity index (χ1n) is 8.47. The summed E-state index contributed by atoms with van der Waals surface area (Å²) in [5.41, 5.74) is 3.20. The van der Waals surface area contributed by atoms with Crippen molar-refractivity contribution in [3.63, 3.8) is 0 Å². The van der Waals surface area contributed by atoms with Crippen LogP contribution in [0.3, 0.4) is 0 Å². The molecule has 3 rings (SSSR count). The van der Waals surface area contributed by atoms with Crippen LogP contribution in [-0.4, -0.2) is 25.8 Å². The second kappa shape index (κ2) is 8.19. The lowest BCUT2D eigenvalue weighted by atomic mass is 10.1. The molecular weight excluding hydrogens is 340 g/mol. The Morgan fingerprint density at radius 2 is 1.67 bits per heavy atom.